The second kappa shape index (κ2) is 4.79. The molecule has 0 aliphatic heterocycles. The molecule has 0 N–H and O–H groups in total. The minimum Gasteiger partial charge on any atom is -0.135 e. The van der Waals surface area contributed by atoms with E-state index in [2.05, 4.69) is 73.7 Å². The molecule has 0 amide bonds. The number of rotatable bonds is 2. The minimum absolute atomic E-state index is 1.29. The molecule has 0 unspecified atom stereocenters. The zero-order valence-corrected chi connectivity index (χ0v) is 11.1. The Labute approximate surface area is 112 Å². The first-order valence-electron chi connectivity index (χ1n) is 6.06. The van der Waals surface area contributed by atoms with Crippen molar-refractivity contribution in [3.8, 4) is 20.9 Å². The SMILES string of the molecule is Cc1ccccc1-c1ccc(-c2ccccc2)s1. The van der Waals surface area contributed by atoms with Gasteiger partial charge in [-0.3, -0.25) is 0 Å². The lowest BCUT2D eigenvalue weighted by Gasteiger charge is -2.01. The molecule has 1 heterocycles. The molecule has 0 radical (unpaired) electrons. The normalized spacial score (nSPS) is 10.5. The Kier molecular flexibility index (Phi) is 2.99. The van der Waals surface area contributed by atoms with Crippen LogP contribution in [0, 0.1) is 6.92 Å². The van der Waals surface area contributed by atoms with E-state index in [9.17, 15) is 0 Å². The molecule has 0 spiro atoms. The van der Waals surface area contributed by atoms with Gasteiger partial charge in [0.25, 0.3) is 0 Å². The highest BCUT2D eigenvalue weighted by atomic mass is 32.1. The smallest absolute Gasteiger partial charge is 0.0352 e. The Morgan fingerprint density at radius 1 is 0.667 bits per heavy atom. The maximum Gasteiger partial charge on any atom is 0.0352 e. The van der Waals surface area contributed by atoms with Crippen LogP contribution >= 0.6 is 11.3 Å². The molecule has 0 nitrogen and oxygen atoms in total. The van der Waals surface area contributed by atoms with Gasteiger partial charge in [-0.25, -0.2) is 0 Å². The van der Waals surface area contributed by atoms with Gasteiger partial charge >= 0.3 is 0 Å². The molecule has 88 valence electrons. The molecular weight excluding hydrogens is 236 g/mol. The largest absolute Gasteiger partial charge is 0.135 e. The fourth-order valence-electron chi connectivity index (χ4n) is 2.09. The van der Waals surface area contributed by atoms with Crippen LogP contribution in [-0.4, -0.2) is 0 Å². The van der Waals surface area contributed by atoms with Gasteiger partial charge in [0, 0.05) is 9.75 Å². The predicted octanol–water partition coefficient (Wildman–Crippen LogP) is 5.39. The average molecular weight is 250 g/mol. The summed E-state index contributed by atoms with van der Waals surface area (Å²) in [6.07, 6.45) is 0. The maximum atomic E-state index is 2.22. The van der Waals surface area contributed by atoms with Crippen LogP contribution in [0.1, 0.15) is 5.56 Å². The Morgan fingerprint density at radius 3 is 2.11 bits per heavy atom. The van der Waals surface area contributed by atoms with Gasteiger partial charge in [-0.2, -0.15) is 0 Å². The maximum absolute atomic E-state index is 2.22. The molecular formula is C17H14S. The van der Waals surface area contributed by atoms with Crippen molar-refractivity contribution in [2.75, 3.05) is 0 Å². The van der Waals surface area contributed by atoms with Gasteiger partial charge in [-0.15, -0.1) is 11.3 Å². The molecule has 0 bridgehead atoms. The van der Waals surface area contributed by atoms with Crippen LogP contribution in [0.15, 0.2) is 66.7 Å². The molecule has 0 atom stereocenters. The summed E-state index contributed by atoms with van der Waals surface area (Å²) >= 11 is 1.85. The van der Waals surface area contributed by atoms with Crippen LogP contribution in [0.4, 0.5) is 0 Å². The number of aryl methyl sites for hydroxylation is 1. The van der Waals surface area contributed by atoms with Gasteiger partial charge in [-0.1, -0.05) is 54.6 Å². The second-order valence-electron chi connectivity index (χ2n) is 4.34. The molecule has 3 rings (SSSR count). The molecule has 0 fully saturated rings. The Bertz CT molecular complexity index is 650. The third-order valence-electron chi connectivity index (χ3n) is 3.07. The topological polar surface area (TPSA) is 0 Å². The van der Waals surface area contributed by atoms with Gasteiger partial charge in [-0.05, 0) is 35.7 Å². The zero-order chi connectivity index (χ0) is 12.4. The Balaban J connectivity index is 2.03. The lowest BCUT2D eigenvalue weighted by atomic mass is 10.1. The number of benzene rings is 2. The summed E-state index contributed by atoms with van der Waals surface area (Å²) in [4.78, 5) is 2.67. The third-order valence-corrected chi connectivity index (χ3v) is 4.24. The van der Waals surface area contributed by atoms with E-state index in [-0.39, 0.29) is 0 Å². The van der Waals surface area contributed by atoms with E-state index in [1.54, 1.807) is 0 Å². The van der Waals surface area contributed by atoms with Crippen molar-refractivity contribution in [1.29, 1.82) is 0 Å². The third kappa shape index (κ3) is 2.09. The van der Waals surface area contributed by atoms with Crippen LogP contribution in [0.2, 0.25) is 0 Å². The van der Waals surface area contributed by atoms with E-state index in [0.29, 0.717) is 0 Å². The van der Waals surface area contributed by atoms with Crippen LogP contribution < -0.4 is 0 Å². The molecule has 0 saturated carbocycles. The van der Waals surface area contributed by atoms with Crippen molar-refractivity contribution in [2.45, 2.75) is 6.92 Å². The highest BCUT2D eigenvalue weighted by Gasteiger charge is 2.06. The van der Waals surface area contributed by atoms with E-state index in [1.807, 2.05) is 11.3 Å². The molecule has 0 aliphatic carbocycles. The number of hydrogen-bond acceptors (Lipinski definition) is 1. The molecule has 0 saturated heterocycles. The van der Waals surface area contributed by atoms with E-state index < -0.39 is 0 Å². The molecule has 18 heavy (non-hydrogen) atoms. The molecule has 0 aliphatic rings. The fraction of sp³-hybridized carbons (Fsp3) is 0.0588. The lowest BCUT2D eigenvalue weighted by molar-refractivity contribution is 1.48. The Morgan fingerprint density at radius 2 is 1.33 bits per heavy atom. The summed E-state index contributed by atoms with van der Waals surface area (Å²) in [5.74, 6) is 0. The predicted molar refractivity (Wildman–Crippen MR) is 79.9 cm³/mol. The van der Waals surface area contributed by atoms with Crippen molar-refractivity contribution in [3.63, 3.8) is 0 Å². The summed E-state index contributed by atoms with van der Waals surface area (Å²) in [7, 11) is 0. The molecule has 1 aromatic heterocycles. The molecule has 1 heteroatoms. The van der Waals surface area contributed by atoms with Gasteiger partial charge in [0.1, 0.15) is 0 Å². The average Bonchev–Trinajstić information content (AvgIpc) is 2.90. The molecule has 3 aromatic rings. The van der Waals surface area contributed by atoms with E-state index in [1.165, 1.54) is 26.4 Å². The summed E-state index contributed by atoms with van der Waals surface area (Å²) in [6.45, 7) is 2.16. The minimum atomic E-state index is 1.29. The first-order valence-corrected chi connectivity index (χ1v) is 6.87. The van der Waals surface area contributed by atoms with Crippen molar-refractivity contribution < 1.29 is 0 Å². The van der Waals surface area contributed by atoms with Crippen molar-refractivity contribution >= 4 is 11.3 Å². The quantitative estimate of drug-likeness (QED) is 0.572. The Hall–Kier alpha value is -1.86. The van der Waals surface area contributed by atoms with Crippen LogP contribution in [-0.2, 0) is 0 Å². The van der Waals surface area contributed by atoms with Crippen LogP contribution in [0.3, 0.4) is 0 Å². The fourth-order valence-corrected chi connectivity index (χ4v) is 3.19. The standard InChI is InChI=1S/C17H14S/c1-13-7-5-6-10-15(13)17-12-11-16(18-17)14-8-3-2-4-9-14/h2-12H,1H3. The highest BCUT2D eigenvalue weighted by Crippen LogP contribution is 2.35. The summed E-state index contributed by atoms with van der Waals surface area (Å²) < 4.78 is 0. The molecule has 2 aromatic carbocycles. The van der Waals surface area contributed by atoms with Crippen molar-refractivity contribution in [1.82, 2.24) is 0 Å². The van der Waals surface area contributed by atoms with Gasteiger partial charge in [0.15, 0.2) is 0 Å². The van der Waals surface area contributed by atoms with Gasteiger partial charge in [0.05, 0.1) is 0 Å². The zero-order valence-electron chi connectivity index (χ0n) is 10.3. The first kappa shape index (κ1) is 11.2. The first-order chi connectivity index (χ1) is 8.84. The van der Waals surface area contributed by atoms with Crippen molar-refractivity contribution in [2.24, 2.45) is 0 Å². The van der Waals surface area contributed by atoms with Crippen LogP contribution in [0.5, 0.6) is 0 Å². The van der Waals surface area contributed by atoms with E-state index in [0.717, 1.165) is 0 Å². The monoisotopic (exact) mass is 250 g/mol. The van der Waals surface area contributed by atoms with E-state index >= 15 is 0 Å². The second-order valence-corrected chi connectivity index (χ2v) is 5.43. The van der Waals surface area contributed by atoms with Crippen LogP contribution in [0.25, 0.3) is 20.9 Å². The summed E-state index contributed by atoms with van der Waals surface area (Å²) in [6, 6.07) is 23.5. The number of thiophene rings is 1. The van der Waals surface area contributed by atoms with Gasteiger partial charge in [0.2, 0.25) is 0 Å². The summed E-state index contributed by atoms with van der Waals surface area (Å²) in [5.41, 5.74) is 3.96. The van der Waals surface area contributed by atoms with Crippen molar-refractivity contribution in [3.05, 3.63) is 72.3 Å². The highest BCUT2D eigenvalue weighted by molar-refractivity contribution is 7.18. The van der Waals surface area contributed by atoms with E-state index in [4.69, 9.17) is 0 Å². The summed E-state index contributed by atoms with van der Waals surface area (Å²) in [5, 5.41) is 0. The lowest BCUT2D eigenvalue weighted by Crippen LogP contribution is -1.77. The van der Waals surface area contributed by atoms with Gasteiger partial charge < -0.3 is 0 Å². The number of hydrogen-bond donors (Lipinski definition) is 0.